The van der Waals surface area contributed by atoms with Crippen LogP contribution in [0.25, 0.3) is 6.08 Å². The normalized spacial score (nSPS) is 10.5. The van der Waals surface area contributed by atoms with Gasteiger partial charge in [0.15, 0.2) is 0 Å². The Labute approximate surface area is 88.8 Å². The van der Waals surface area contributed by atoms with Crippen LogP contribution in [0.2, 0.25) is 0 Å². The minimum absolute atomic E-state index is 0.0230. The monoisotopic (exact) mass is 207 g/mol. The summed E-state index contributed by atoms with van der Waals surface area (Å²) in [4.78, 5) is 10.5. The van der Waals surface area contributed by atoms with E-state index in [1.165, 1.54) is 19.1 Å². The summed E-state index contributed by atoms with van der Waals surface area (Å²) < 4.78 is 12.5. The molecule has 0 bridgehead atoms. The molecule has 0 saturated carbocycles. The van der Waals surface area contributed by atoms with Crippen LogP contribution < -0.4 is 5.32 Å². The van der Waals surface area contributed by atoms with Crippen molar-refractivity contribution in [1.29, 1.82) is 0 Å². The first kappa shape index (κ1) is 11.4. The van der Waals surface area contributed by atoms with Gasteiger partial charge in [0, 0.05) is 13.5 Å². The standard InChI is InChI=1S/C12H14FNO/c1-10(15)14-9-3-2-4-11-5-7-12(13)8-6-11/h2,4-8H,3,9H2,1H3,(H,14,15). The van der Waals surface area contributed by atoms with Crippen molar-refractivity contribution in [2.75, 3.05) is 6.54 Å². The Balaban J connectivity index is 2.32. The molecule has 0 unspecified atom stereocenters. The summed E-state index contributed by atoms with van der Waals surface area (Å²) in [6.07, 6.45) is 4.63. The van der Waals surface area contributed by atoms with E-state index in [9.17, 15) is 9.18 Å². The van der Waals surface area contributed by atoms with Crippen LogP contribution in [0.4, 0.5) is 4.39 Å². The number of halogens is 1. The van der Waals surface area contributed by atoms with E-state index in [0.29, 0.717) is 6.54 Å². The smallest absolute Gasteiger partial charge is 0.216 e. The van der Waals surface area contributed by atoms with Gasteiger partial charge in [0.25, 0.3) is 0 Å². The van der Waals surface area contributed by atoms with E-state index in [2.05, 4.69) is 5.32 Å². The van der Waals surface area contributed by atoms with E-state index in [1.54, 1.807) is 12.1 Å². The summed E-state index contributed by atoms with van der Waals surface area (Å²) in [5.41, 5.74) is 0.958. The number of hydrogen-bond acceptors (Lipinski definition) is 1. The first-order valence-electron chi connectivity index (χ1n) is 4.85. The van der Waals surface area contributed by atoms with Crippen molar-refractivity contribution in [2.24, 2.45) is 0 Å². The largest absolute Gasteiger partial charge is 0.356 e. The molecule has 1 rings (SSSR count). The number of carbonyl (C=O) groups is 1. The van der Waals surface area contributed by atoms with E-state index in [-0.39, 0.29) is 11.7 Å². The lowest BCUT2D eigenvalue weighted by Crippen LogP contribution is -2.20. The molecule has 3 heteroatoms. The van der Waals surface area contributed by atoms with Gasteiger partial charge in [-0.2, -0.15) is 0 Å². The number of carbonyl (C=O) groups excluding carboxylic acids is 1. The van der Waals surface area contributed by atoms with E-state index in [1.807, 2.05) is 12.2 Å². The van der Waals surface area contributed by atoms with Crippen molar-refractivity contribution in [3.8, 4) is 0 Å². The van der Waals surface area contributed by atoms with E-state index >= 15 is 0 Å². The number of hydrogen-bond donors (Lipinski definition) is 1. The molecule has 1 N–H and O–H groups in total. The number of rotatable bonds is 4. The fourth-order valence-corrected chi connectivity index (χ4v) is 1.12. The van der Waals surface area contributed by atoms with Crippen LogP contribution in [0, 0.1) is 5.82 Å². The molecule has 2 nitrogen and oxygen atoms in total. The van der Waals surface area contributed by atoms with Gasteiger partial charge in [0.05, 0.1) is 0 Å². The quantitative estimate of drug-likeness (QED) is 0.754. The molecule has 0 spiro atoms. The number of amides is 1. The lowest BCUT2D eigenvalue weighted by molar-refractivity contribution is -0.118. The van der Waals surface area contributed by atoms with Crippen molar-refractivity contribution in [1.82, 2.24) is 5.32 Å². The molecule has 0 heterocycles. The van der Waals surface area contributed by atoms with E-state index < -0.39 is 0 Å². The Morgan fingerprint density at radius 3 is 2.67 bits per heavy atom. The van der Waals surface area contributed by atoms with Crippen molar-refractivity contribution in [2.45, 2.75) is 13.3 Å². The highest BCUT2D eigenvalue weighted by Gasteiger charge is 1.89. The first-order valence-corrected chi connectivity index (χ1v) is 4.85. The summed E-state index contributed by atoms with van der Waals surface area (Å²) >= 11 is 0. The summed E-state index contributed by atoms with van der Waals surface area (Å²) in [7, 11) is 0. The molecule has 1 aromatic carbocycles. The lowest BCUT2D eigenvalue weighted by atomic mass is 10.2. The Morgan fingerprint density at radius 1 is 1.40 bits per heavy atom. The SMILES string of the molecule is CC(=O)NCCC=Cc1ccc(F)cc1. The fraction of sp³-hybridized carbons (Fsp3) is 0.250. The van der Waals surface area contributed by atoms with Crippen LogP contribution in [0.5, 0.6) is 0 Å². The summed E-state index contributed by atoms with van der Waals surface area (Å²) in [5, 5.41) is 2.69. The number of benzene rings is 1. The van der Waals surface area contributed by atoms with Crippen molar-refractivity contribution in [3.05, 3.63) is 41.7 Å². The van der Waals surface area contributed by atoms with Crippen molar-refractivity contribution < 1.29 is 9.18 Å². The van der Waals surface area contributed by atoms with Gasteiger partial charge in [-0.05, 0) is 24.1 Å². The van der Waals surface area contributed by atoms with Gasteiger partial charge in [0.2, 0.25) is 5.91 Å². The van der Waals surface area contributed by atoms with Gasteiger partial charge in [-0.15, -0.1) is 0 Å². The average Bonchev–Trinajstić information content (AvgIpc) is 2.20. The Morgan fingerprint density at radius 2 is 2.07 bits per heavy atom. The lowest BCUT2D eigenvalue weighted by Gasteiger charge is -1.97. The van der Waals surface area contributed by atoms with Gasteiger partial charge < -0.3 is 5.32 Å². The second kappa shape index (κ2) is 5.96. The molecule has 15 heavy (non-hydrogen) atoms. The predicted octanol–water partition coefficient (Wildman–Crippen LogP) is 2.37. The minimum Gasteiger partial charge on any atom is -0.356 e. The maximum atomic E-state index is 12.5. The minimum atomic E-state index is -0.231. The molecular formula is C12H14FNO. The molecule has 0 aliphatic rings. The van der Waals surface area contributed by atoms with Gasteiger partial charge in [-0.3, -0.25) is 4.79 Å². The van der Waals surface area contributed by atoms with Crippen LogP contribution in [0.1, 0.15) is 18.9 Å². The zero-order chi connectivity index (χ0) is 11.1. The Hall–Kier alpha value is -1.64. The van der Waals surface area contributed by atoms with Crippen molar-refractivity contribution in [3.63, 3.8) is 0 Å². The van der Waals surface area contributed by atoms with Crippen LogP contribution in [-0.2, 0) is 4.79 Å². The molecule has 0 atom stereocenters. The zero-order valence-electron chi connectivity index (χ0n) is 8.66. The molecule has 0 aliphatic carbocycles. The number of nitrogens with one attached hydrogen (secondary N) is 1. The van der Waals surface area contributed by atoms with Crippen LogP contribution in [0.3, 0.4) is 0 Å². The van der Waals surface area contributed by atoms with Crippen molar-refractivity contribution >= 4 is 12.0 Å². The Bertz CT molecular complexity index is 343. The zero-order valence-corrected chi connectivity index (χ0v) is 8.66. The molecule has 0 radical (unpaired) electrons. The third kappa shape index (κ3) is 4.96. The third-order valence-electron chi connectivity index (χ3n) is 1.87. The third-order valence-corrected chi connectivity index (χ3v) is 1.87. The second-order valence-corrected chi connectivity index (χ2v) is 3.23. The fourth-order valence-electron chi connectivity index (χ4n) is 1.12. The van der Waals surface area contributed by atoms with E-state index in [4.69, 9.17) is 0 Å². The summed E-state index contributed by atoms with van der Waals surface area (Å²) in [6, 6.07) is 6.27. The highest BCUT2D eigenvalue weighted by molar-refractivity contribution is 5.72. The van der Waals surface area contributed by atoms with Gasteiger partial charge >= 0.3 is 0 Å². The molecule has 0 aliphatic heterocycles. The molecule has 0 aromatic heterocycles. The molecule has 0 saturated heterocycles. The average molecular weight is 207 g/mol. The molecule has 0 fully saturated rings. The Kier molecular flexibility index (Phi) is 4.54. The van der Waals surface area contributed by atoms with Crippen LogP contribution in [0.15, 0.2) is 30.3 Å². The molecule has 80 valence electrons. The highest BCUT2D eigenvalue weighted by Crippen LogP contribution is 2.04. The molecule has 1 amide bonds. The van der Waals surface area contributed by atoms with Gasteiger partial charge in [-0.25, -0.2) is 4.39 Å². The maximum absolute atomic E-state index is 12.5. The highest BCUT2D eigenvalue weighted by atomic mass is 19.1. The maximum Gasteiger partial charge on any atom is 0.216 e. The molecule has 1 aromatic rings. The molecular weight excluding hydrogens is 193 g/mol. The first-order chi connectivity index (χ1) is 7.18. The topological polar surface area (TPSA) is 29.1 Å². The van der Waals surface area contributed by atoms with Crippen LogP contribution >= 0.6 is 0 Å². The van der Waals surface area contributed by atoms with E-state index in [0.717, 1.165) is 12.0 Å². The van der Waals surface area contributed by atoms with Gasteiger partial charge in [-0.1, -0.05) is 24.3 Å². The predicted molar refractivity (Wildman–Crippen MR) is 58.7 cm³/mol. The second-order valence-electron chi connectivity index (χ2n) is 3.23. The summed E-state index contributed by atoms with van der Waals surface area (Å²) in [5.74, 6) is -0.254. The summed E-state index contributed by atoms with van der Waals surface area (Å²) in [6.45, 7) is 2.12. The van der Waals surface area contributed by atoms with Gasteiger partial charge in [0.1, 0.15) is 5.82 Å². The van der Waals surface area contributed by atoms with Crippen LogP contribution in [-0.4, -0.2) is 12.5 Å².